The minimum Gasteiger partial charge on any atom is -0.381 e. The number of benzene rings is 1. The Bertz CT molecular complexity index is 544. The van der Waals surface area contributed by atoms with Crippen LogP contribution < -0.4 is 0 Å². The Balaban J connectivity index is 2.07. The molecule has 1 aliphatic rings. The molecule has 0 atom stereocenters. The third kappa shape index (κ3) is 2.00. The Hall–Kier alpha value is -0.870. The van der Waals surface area contributed by atoms with Gasteiger partial charge in [-0.2, -0.15) is 5.10 Å². The second-order valence-electron chi connectivity index (χ2n) is 4.53. The van der Waals surface area contributed by atoms with Gasteiger partial charge in [0.25, 0.3) is 0 Å². The molecule has 0 aliphatic carbocycles. The van der Waals surface area contributed by atoms with Crippen molar-refractivity contribution in [2.45, 2.75) is 25.8 Å². The molecule has 2 heterocycles. The van der Waals surface area contributed by atoms with Crippen LogP contribution in [0.1, 0.15) is 24.6 Å². The summed E-state index contributed by atoms with van der Waals surface area (Å²) >= 11 is 3.49. The van der Waals surface area contributed by atoms with Gasteiger partial charge in [0.1, 0.15) is 0 Å². The normalized spacial score (nSPS) is 17.8. The SMILES string of the molecule is Cc1c2ccc(Br)cc2nn1C1CCOCC1. The lowest BCUT2D eigenvalue weighted by atomic mass is 10.1. The number of hydrogen-bond donors (Lipinski definition) is 0. The van der Waals surface area contributed by atoms with Crippen molar-refractivity contribution >= 4 is 26.8 Å². The van der Waals surface area contributed by atoms with E-state index in [0.29, 0.717) is 6.04 Å². The Kier molecular flexibility index (Phi) is 2.92. The van der Waals surface area contributed by atoms with E-state index in [0.717, 1.165) is 36.0 Å². The topological polar surface area (TPSA) is 27.1 Å². The fraction of sp³-hybridized carbons (Fsp3) is 0.462. The maximum absolute atomic E-state index is 5.41. The van der Waals surface area contributed by atoms with E-state index in [2.05, 4.69) is 45.7 Å². The van der Waals surface area contributed by atoms with Crippen molar-refractivity contribution in [2.75, 3.05) is 13.2 Å². The average molecular weight is 295 g/mol. The summed E-state index contributed by atoms with van der Waals surface area (Å²) in [6.45, 7) is 3.85. The van der Waals surface area contributed by atoms with Gasteiger partial charge in [-0.1, -0.05) is 15.9 Å². The Morgan fingerprint density at radius 3 is 2.88 bits per heavy atom. The highest BCUT2D eigenvalue weighted by molar-refractivity contribution is 9.10. The van der Waals surface area contributed by atoms with E-state index in [1.807, 2.05) is 0 Å². The number of aromatic nitrogens is 2. The molecule has 0 spiro atoms. The summed E-state index contributed by atoms with van der Waals surface area (Å²) in [5.74, 6) is 0. The summed E-state index contributed by atoms with van der Waals surface area (Å²) in [4.78, 5) is 0. The van der Waals surface area contributed by atoms with Gasteiger partial charge in [-0.05, 0) is 38.0 Å². The van der Waals surface area contributed by atoms with Crippen molar-refractivity contribution in [2.24, 2.45) is 0 Å². The monoisotopic (exact) mass is 294 g/mol. The lowest BCUT2D eigenvalue weighted by molar-refractivity contribution is 0.0659. The summed E-state index contributed by atoms with van der Waals surface area (Å²) in [6.07, 6.45) is 2.13. The molecule has 1 fully saturated rings. The predicted molar refractivity (Wildman–Crippen MR) is 71.3 cm³/mol. The van der Waals surface area contributed by atoms with Crippen LogP contribution in [-0.2, 0) is 4.74 Å². The van der Waals surface area contributed by atoms with Gasteiger partial charge in [-0.3, -0.25) is 4.68 Å². The van der Waals surface area contributed by atoms with Crippen LogP contribution in [0, 0.1) is 6.92 Å². The minimum absolute atomic E-state index is 0.495. The maximum atomic E-state index is 5.41. The standard InChI is InChI=1S/C13H15BrN2O/c1-9-12-3-2-10(14)8-13(12)15-16(9)11-4-6-17-7-5-11/h2-3,8,11H,4-7H2,1H3. The second kappa shape index (κ2) is 4.42. The van der Waals surface area contributed by atoms with Gasteiger partial charge in [0, 0.05) is 28.8 Å². The van der Waals surface area contributed by atoms with Crippen LogP contribution >= 0.6 is 15.9 Å². The first kappa shape index (κ1) is 11.2. The molecule has 3 rings (SSSR count). The molecule has 0 bridgehead atoms. The molecule has 0 N–H and O–H groups in total. The largest absolute Gasteiger partial charge is 0.381 e. The van der Waals surface area contributed by atoms with Crippen LogP contribution in [0.2, 0.25) is 0 Å². The fourth-order valence-corrected chi connectivity index (χ4v) is 2.84. The second-order valence-corrected chi connectivity index (χ2v) is 5.45. The van der Waals surface area contributed by atoms with Crippen LogP contribution in [-0.4, -0.2) is 23.0 Å². The van der Waals surface area contributed by atoms with Crippen molar-refractivity contribution in [1.29, 1.82) is 0 Å². The lowest BCUT2D eigenvalue weighted by Gasteiger charge is -2.23. The number of fused-ring (bicyclic) bond motifs is 1. The smallest absolute Gasteiger partial charge is 0.0937 e. The molecule has 0 saturated carbocycles. The van der Waals surface area contributed by atoms with E-state index in [-0.39, 0.29) is 0 Å². The Labute approximate surface area is 109 Å². The van der Waals surface area contributed by atoms with Gasteiger partial charge in [0.2, 0.25) is 0 Å². The molecular formula is C13H15BrN2O. The van der Waals surface area contributed by atoms with Crippen molar-refractivity contribution < 1.29 is 4.74 Å². The summed E-state index contributed by atoms with van der Waals surface area (Å²) < 4.78 is 8.67. The number of aryl methyl sites for hydroxylation is 1. The van der Waals surface area contributed by atoms with Gasteiger partial charge in [-0.25, -0.2) is 0 Å². The zero-order valence-corrected chi connectivity index (χ0v) is 11.4. The quantitative estimate of drug-likeness (QED) is 0.805. The van der Waals surface area contributed by atoms with Gasteiger partial charge in [0.05, 0.1) is 11.6 Å². The first-order valence-electron chi connectivity index (χ1n) is 5.98. The van der Waals surface area contributed by atoms with Crippen LogP contribution in [0.4, 0.5) is 0 Å². The molecule has 1 aromatic heterocycles. The highest BCUT2D eigenvalue weighted by Gasteiger charge is 2.19. The van der Waals surface area contributed by atoms with E-state index in [1.54, 1.807) is 0 Å². The van der Waals surface area contributed by atoms with E-state index < -0.39 is 0 Å². The number of rotatable bonds is 1. The molecule has 1 aliphatic heterocycles. The fourth-order valence-electron chi connectivity index (χ4n) is 2.49. The van der Waals surface area contributed by atoms with E-state index in [9.17, 15) is 0 Å². The van der Waals surface area contributed by atoms with Crippen molar-refractivity contribution in [3.8, 4) is 0 Å². The summed E-state index contributed by atoms with van der Waals surface area (Å²) in [7, 11) is 0. The zero-order chi connectivity index (χ0) is 11.8. The average Bonchev–Trinajstić information content (AvgIpc) is 2.67. The molecule has 1 aromatic carbocycles. The minimum atomic E-state index is 0.495. The van der Waals surface area contributed by atoms with Gasteiger partial charge < -0.3 is 4.74 Å². The lowest BCUT2D eigenvalue weighted by Crippen LogP contribution is -2.21. The number of ether oxygens (including phenoxy) is 1. The number of hydrogen-bond acceptors (Lipinski definition) is 2. The third-order valence-corrected chi connectivity index (χ3v) is 3.94. The Morgan fingerprint density at radius 1 is 1.35 bits per heavy atom. The molecule has 17 heavy (non-hydrogen) atoms. The van der Waals surface area contributed by atoms with Crippen molar-refractivity contribution in [3.05, 3.63) is 28.4 Å². The van der Waals surface area contributed by atoms with Crippen LogP contribution in [0.5, 0.6) is 0 Å². The first-order valence-corrected chi connectivity index (χ1v) is 6.77. The molecular weight excluding hydrogens is 280 g/mol. The van der Waals surface area contributed by atoms with Crippen LogP contribution in [0.25, 0.3) is 10.9 Å². The molecule has 0 radical (unpaired) electrons. The van der Waals surface area contributed by atoms with E-state index in [4.69, 9.17) is 9.84 Å². The maximum Gasteiger partial charge on any atom is 0.0937 e. The molecule has 0 amide bonds. The molecule has 3 nitrogen and oxygen atoms in total. The van der Waals surface area contributed by atoms with Crippen molar-refractivity contribution in [1.82, 2.24) is 9.78 Å². The summed E-state index contributed by atoms with van der Waals surface area (Å²) in [5, 5.41) is 5.98. The van der Waals surface area contributed by atoms with Gasteiger partial charge >= 0.3 is 0 Å². The van der Waals surface area contributed by atoms with E-state index >= 15 is 0 Å². The number of nitrogens with zero attached hydrogens (tertiary/aromatic N) is 2. The first-order chi connectivity index (χ1) is 8.25. The predicted octanol–water partition coefficient (Wildman–Crippen LogP) is 3.46. The molecule has 2 aromatic rings. The van der Waals surface area contributed by atoms with Gasteiger partial charge in [0.15, 0.2) is 0 Å². The van der Waals surface area contributed by atoms with E-state index in [1.165, 1.54) is 11.1 Å². The van der Waals surface area contributed by atoms with Crippen molar-refractivity contribution in [3.63, 3.8) is 0 Å². The highest BCUT2D eigenvalue weighted by Crippen LogP contribution is 2.27. The Morgan fingerprint density at radius 2 is 2.12 bits per heavy atom. The molecule has 1 saturated heterocycles. The van der Waals surface area contributed by atoms with Crippen LogP contribution in [0.3, 0.4) is 0 Å². The molecule has 90 valence electrons. The number of halogens is 1. The zero-order valence-electron chi connectivity index (χ0n) is 9.82. The molecule has 0 unspecified atom stereocenters. The highest BCUT2D eigenvalue weighted by atomic mass is 79.9. The summed E-state index contributed by atoms with van der Waals surface area (Å²) in [6, 6.07) is 6.79. The molecule has 4 heteroatoms. The van der Waals surface area contributed by atoms with Gasteiger partial charge in [-0.15, -0.1) is 0 Å². The van der Waals surface area contributed by atoms with Crippen LogP contribution in [0.15, 0.2) is 22.7 Å². The third-order valence-electron chi connectivity index (χ3n) is 3.45. The summed E-state index contributed by atoms with van der Waals surface area (Å²) in [5.41, 5.74) is 2.34.